The fraction of sp³-hybridized carbons (Fsp3) is 0.500. The van der Waals surface area contributed by atoms with Crippen molar-refractivity contribution in [1.29, 1.82) is 0 Å². The van der Waals surface area contributed by atoms with Crippen molar-refractivity contribution in [3.63, 3.8) is 0 Å². The Labute approximate surface area is 322 Å². The van der Waals surface area contributed by atoms with E-state index in [9.17, 15) is 19.5 Å². The smallest absolute Gasteiger partial charge is 0.408 e. The van der Waals surface area contributed by atoms with Crippen LogP contribution in [0.3, 0.4) is 0 Å². The van der Waals surface area contributed by atoms with Crippen molar-refractivity contribution in [2.75, 3.05) is 6.54 Å². The molecule has 0 saturated carbocycles. The van der Waals surface area contributed by atoms with Gasteiger partial charge in [-0.25, -0.2) is 9.59 Å². The third kappa shape index (κ3) is 14.5. The highest BCUT2D eigenvalue weighted by Gasteiger charge is 2.39. The molecule has 3 amide bonds. The fourth-order valence-corrected chi connectivity index (χ4v) is 6.22. The van der Waals surface area contributed by atoms with E-state index in [1.54, 1.807) is 53.7 Å². The summed E-state index contributed by atoms with van der Waals surface area (Å²) >= 11 is 0. The molecule has 3 unspecified atom stereocenters. The minimum Gasteiger partial charge on any atom is -0.508 e. The van der Waals surface area contributed by atoms with Gasteiger partial charge in [-0.2, -0.15) is 0 Å². The summed E-state index contributed by atoms with van der Waals surface area (Å²) in [6.07, 6.45) is 3.95. The number of unbranched alkanes of at least 4 members (excludes halogenated alkanes) is 4. The maximum absolute atomic E-state index is 15.1. The molecule has 3 atom stereocenters. The van der Waals surface area contributed by atoms with E-state index in [4.69, 9.17) is 9.47 Å². The minimum absolute atomic E-state index is 0.0667. The van der Waals surface area contributed by atoms with Crippen LogP contribution < -0.4 is 10.6 Å². The number of carbonyl (C=O) groups excluding carboxylic acids is 4. The van der Waals surface area contributed by atoms with Gasteiger partial charge in [0.2, 0.25) is 11.8 Å². The molecule has 294 valence electrons. The van der Waals surface area contributed by atoms with E-state index in [-0.39, 0.29) is 25.1 Å². The summed E-state index contributed by atoms with van der Waals surface area (Å²) in [4.78, 5) is 58.5. The van der Waals surface area contributed by atoms with E-state index >= 15 is 4.79 Å². The SMILES string of the molecule is CCCCCCCN(C(=O)C(Cc1ccc(O)cc1)NC(=O)OC(C)(C)C)C(C(=O)NC(Cc1ccccc1)C(=O)OC(C)(C)C)c1ccc(C)cc1C. The normalized spacial score (nSPS) is 13.3. The highest BCUT2D eigenvalue weighted by molar-refractivity contribution is 5.94. The van der Waals surface area contributed by atoms with Crippen molar-refractivity contribution in [2.45, 2.75) is 137 Å². The number of phenols is 1. The summed E-state index contributed by atoms with van der Waals surface area (Å²) in [7, 11) is 0. The predicted octanol–water partition coefficient (Wildman–Crippen LogP) is 8.05. The van der Waals surface area contributed by atoms with Gasteiger partial charge in [0, 0.05) is 19.4 Å². The van der Waals surface area contributed by atoms with Crippen molar-refractivity contribution < 1.29 is 33.8 Å². The number of esters is 1. The molecular weight excluding hydrogens is 682 g/mol. The van der Waals surface area contributed by atoms with Crippen molar-refractivity contribution in [1.82, 2.24) is 15.5 Å². The number of alkyl carbamates (subject to hydrolysis) is 1. The second-order valence-corrected chi connectivity index (χ2v) is 16.1. The summed E-state index contributed by atoms with van der Waals surface area (Å²) in [5.41, 5.74) is 2.27. The van der Waals surface area contributed by atoms with Gasteiger partial charge in [-0.1, -0.05) is 98.8 Å². The van der Waals surface area contributed by atoms with Crippen LogP contribution in [0.15, 0.2) is 72.8 Å². The van der Waals surface area contributed by atoms with Gasteiger partial charge in [-0.05, 0) is 96.2 Å². The molecule has 0 radical (unpaired) electrons. The Kier molecular flexibility index (Phi) is 16.1. The van der Waals surface area contributed by atoms with E-state index in [1.165, 1.54) is 17.0 Å². The molecule has 0 fully saturated rings. The third-order valence-corrected chi connectivity index (χ3v) is 8.72. The van der Waals surface area contributed by atoms with Crippen molar-refractivity contribution in [3.8, 4) is 5.75 Å². The molecule has 0 aliphatic rings. The molecule has 0 heterocycles. The molecule has 3 N–H and O–H groups in total. The molecule has 0 spiro atoms. The molecule has 3 aromatic rings. The van der Waals surface area contributed by atoms with Crippen molar-refractivity contribution in [3.05, 3.63) is 101 Å². The van der Waals surface area contributed by atoms with E-state index < -0.39 is 53.2 Å². The predicted molar refractivity (Wildman–Crippen MR) is 212 cm³/mol. The van der Waals surface area contributed by atoms with Crippen LogP contribution in [0.5, 0.6) is 5.75 Å². The van der Waals surface area contributed by atoms with Crippen molar-refractivity contribution in [2.24, 2.45) is 0 Å². The Morgan fingerprint density at radius 3 is 1.91 bits per heavy atom. The zero-order valence-corrected chi connectivity index (χ0v) is 33.7. The second kappa shape index (κ2) is 20.0. The van der Waals surface area contributed by atoms with Crippen LogP contribution in [-0.2, 0) is 36.7 Å². The molecule has 0 bridgehead atoms. The van der Waals surface area contributed by atoms with Crippen LogP contribution in [-0.4, -0.2) is 63.7 Å². The van der Waals surface area contributed by atoms with Crippen LogP contribution in [0.1, 0.15) is 114 Å². The number of hydrogen-bond donors (Lipinski definition) is 3. The van der Waals surface area contributed by atoms with Gasteiger partial charge in [0.15, 0.2) is 0 Å². The average molecular weight is 744 g/mol. The standard InChI is InChI=1S/C44H61N3O7/c1-10-11-12-13-17-26-47(40(50)36(46-42(52)54-44(7,8)9)28-33-21-23-34(48)24-22-33)38(35-25-20-30(2)27-31(35)3)39(49)45-37(41(51)53-43(4,5)6)29-32-18-15-14-16-19-32/h14-16,18-25,27,36-38,48H,10-13,17,26,28-29H2,1-9H3,(H,45,49)(H,46,52). The van der Waals surface area contributed by atoms with Crippen LogP contribution >= 0.6 is 0 Å². The topological polar surface area (TPSA) is 134 Å². The number of aryl methyl sites for hydroxylation is 2. The Balaban J connectivity index is 2.16. The molecular formula is C44H61N3O7. The summed E-state index contributed by atoms with van der Waals surface area (Å²) in [5, 5.41) is 15.7. The first-order valence-corrected chi connectivity index (χ1v) is 19.1. The maximum atomic E-state index is 15.1. The molecule has 0 aliphatic carbocycles. The lowest BCUT2D eigenvalue weighted by molar-refractivity contribution is -0.159. The van der Waals surface area contributed by atoms with Gasteiger partial charge < -0.3 is 30.1 Å². The van der Waals surface area contributed by atoms with Gasteiger partial charge in [0.25, 0.3) is 0 Å². The molecule has 0 aliphatic heterocycles. The van der Waals surface area contributed by atoms with E-state index in [1.807, 2.05) is 62.4 Å². The molecule has 0 saturated heterocycles. The number of carbonyl (C=O) groups is 4. The highest BCUT2D eigenvalue weighted by Crippen LogP contribution is 2.28. The number of nitrogens with one attached hydrogen (secondary N) is 2. The number of phenolic OH excluding ortho intramolecular Hbond substituents is 1. The van der Waals surface area contributed by atoms with Gasteiger partial charge in [-0.15, -0.1) is 0 Å². The Hall–Kier alpha value is -4.86. The Bertz CT molecular complexity index is 1680. The molecule has 3 aromatic carbocycles. The van der Waals surface area contributed by atoms with E-state index in [0.29, 0.717) is 17.5 Å². The Morgan fingerprint density at radius 2 is 1.31 bits per heavy atom. The van der Waals surface area contributed by atoms with Crippen LogP contribution in [0, 0.1) is 13.8 Å². The number of amides is 3. The first kappa shape index (κ1) is 43.5. The lowest BCUT2D eigenvalue weighted by Gasteiger charge is -2.36. The first-order valence-electron chi connectivity index (χ1n) is 19.1. The number of rotatable bonds is 17. The number of aromatic hydroxyl groups is 1. The Morgan fingerprint density at radius 1 is 0.722 bits per heavy atom. The first-order chi connectivity index (χ1) is 25.4. The van der Waals surface area contributed by atoms with Gasteiger partial charge in [0.1, 0.15) is 35.1 Å². The van der Waals surface area contributed by atoms with Crippen LogP contribution in [0.2, 0.25) is 0 Å². The molecule has 10 nitrogen and oxygen atoms in total. The lowest BCUT2D eigenvalue weighted by Crippen LogP contribution is -2.55. The second-order valence-electron chi connectivity index (χ2n) is 16.1. The number of nitrogens with zero attached hydrogens (tertiary/aromatic N) is 1. The summed E-state index contributed by atoms with van der Waals surface area (Å²) in [6, 6.07) is 18.1. The molecule has 0 aromatic heterocycles. The zero-order valence-electron chi connectivity index (χ0n) is 33.7. The van der Waals surface area contributed by atoms with Gasteiger partial charge in [0.05, 0.1) is 0 Å². The maximum Gasteiger partial charge on any atom is 0.408 e. The molecule has 3 rings (SSSR count). The largest absolute Gasteiger partial charge is 0.508 e. The molecule has 10 heteroatoms. The number of ether oxygens (including phenoxy) is 2. The van der Waals surface area contributed by atoms with Crippen LogP contribution in [0.25, 0.3) is 0 Å². The van der Waals surface area contributed by atoms with Gasteiger partial charge >= 0.3 is 12.1 Å². The summed E-state index contributed by atoms with van der Waals surface area (Å²) in [5.74, 6) is -1.55. The molecule has 54 heavy (non-hydrogen) atoms. The van der Waals surface area contributed by atoms with E-state index in [0.717, 1.165) is 42.4 Å². The number of hydrogen-bond acceptors (Lipinski definition) is 7. The average Bonchev–Trinajstić information content (AvgIpc) is 3.07. The highest BCUT2D eigenvalue weighted by atomic mass is 16.6. The quantitative estimate of drug-likeness (QED) is 0.0941. The van der Waals surface area contributed by atoms with Crippen molar-refractivity contribution >= 4 is 23.9 Å². The summed E-state index contributed by atoms with van der Waals surface area (Å²) in [6.45, 7) is 16.7. The lowest BCUT2D eigenvalue weighted by atomic mass is 9.94. The third-order valence-electron chi connectivity index (χ3n) is 8.72. The monoisotopic (exact) mass is 743 g/mol. The fourth-order valence-electron chi connectivity index (χ4n) is 6.22. The zero-order chi connectivity index (χ0) is 40.1. The van der Waals surface area contributed by atoms with Gasteiger partial charge in [-0.3, -0.25) is 9.59 Å². The van der Waals surface area contributed by atoms with Crippen LogP contribution in [0.4, 0.5) is 4.79 Å². The summed E-state index contributed by atoms with van der Waals surface area (Å²) < 4.78 is 11.4. The minimum atomic E-state index is -1.16. The van der Waals surface area contributed by atoms with E-state index in [2.05, 4.69) is 17.6 Å². The number of benzene rings is 3.